The maximum atomic E-state index is 14.8. The molecule has 15 heteroatoms. The molecule has 3 aromatic heterocycles. The summed E-state index contributed by atoms with van der Waals surface area (Å²) < 4.78 is 17.7. The SMILES string of the molecule is CCn1ccc(CC(NC(=O)C=Cc2c(-n3cnnn3)ccc(Cl)c2F)C(=O)Nc2ccc(C(=O)O)cn2)n1. The minimum absolute atomic E-state index is 0.0347. The Balaban J connectivity index is 1.55. The minimum atomic E-state index is -1.16. The molecule has 1 atom stereocenters. The Kier molecular flexibility index (Phi) is 8.36. The molecule has 0 saturated carbocycles. The number of aromatic carboxylic acids is 1. The Morgan fingerprint density at radius 3 is 2.67 bits per heavy atom. The molecule has 0 aliphatic heterocycles. The second kappa shape index (κ2) is 12.0. The smallest absolute Gasteiger partial charge is 0.337 e. The summed E-state index contributed by atoms with van der Waals surface area (Å²) in [4.78, 5) is 40.9. The summed E-state index contributed by atoms with van der Waals surface area (Å²) in [5.74, 6) is -3.19. The third-order valence-corrected chi connectivity index (χ3v) is 5.73. The van der Waals surface area contributed by atoms with Gasteiger partial charge in [-0.3, -0.25) is 14.3 Å². The quantitative estimate of drug-likeness (QED) is 0.249. The molecule has 1 unspecified atom stereocenters. The molecule has 200 valence electrons. The van der Waals surface area contributed by atoms with E-state index < -0.39 is 29.6 Å². The molecule has 0 radical (unpaired) electrons. The molecule has 4 aromatic rings. The molecule has 3 N–H and O–H groups in total. The number of anilines is 1. The van der Waals surface area contributed by atoms with Gasteiger partial charge in [-0.05, 0) is 53.8 Å². The predicted molar refractivity (Wildman–Crippen MR) is 137 cm³/mol. The van der Waals surface area contributed by atoms with Gasteiger partial charge in [-0.2, -0.15) is 9.78 Å². The maximum absolute atomic E-state index is 14.8. The van der Waals surface area contributed by atoms with Crippen LogP contribution in [0.15, 0.2) is 55.1 Å². The highest BCUT2D eigenvalue weighted by Gasteiger charge is 2.23. The Bertz CT molecular complexity index is 1520. The molecular weight excluding hydrogens is 533 g/mol. The first-order chi connectivity index (χ1) is 18.7. The fourth-order valence-corrected chi connectivity index (χ4v) is 3.64. The van der Waals surface area contributed by atoms with Gasteiger partial charge in [0.2, 0.25) is 11.8 Å². The van der Waals surface area contributed by atoms with Crippen molar-refractivity contribution in [2.45, 2.75) is 25.9 Å². The van der Waals surface area contributed by atoms with E-state index in [2.05, 4.69) is 36.2 Å². The number of nitrogens with zero attached hydrogens (tertiary/aromatic N) is 7. The van der Waals surface area contributed by atoms with E-state index in [-0.39, 0.29) is 34.1 Å². The number of hydrogen-bond acceptors (Lipinski definition) is 8. The van der Waals surface area contributed by atoms with E-state index >= 15 is 0 Å². The lowest BCUT2D eigenvalue weighted by atomic mass is 10.1. The van der Waals surface area contributed by atoms with Crippen LogP contribution in [0.3, 0.4) is 0 Å². The molecule has 13 nitrogen and oxygen atoms in total. The highest BCUT2D eigenvalue weighted by Crippen LogP contribution is 2.25. The molecule has 0 fully saturated rings. The summed E-state index contributed by atoms with van der Waals surface area (Å²) in [5, 5.41) is 29.2. The van der Waals surface area contributed by atoms with E-state index in [1.165, 1.54) is 41.4 Å². The maximum Gasteiger partial charge on any atom is 0.337 e. The number of carbonyl (C=O) groups excluding carboxylic acids is 2. The van der Waals surface area contributed by atoms with Crippen LogP contribution in [-0.2, 0) is 22.6 Å². The van der Waals surface area contributed by atoms with Gasteiger partial charge >= 0.3 is 5.97 Å². The molecule has 0 aliphatic carbocycles. The largest absolute Gasteiger partial charge is 0.478 e. The van der Waals surface area contributed by atoms with Crippen molar-refractivity contribution in [1.82, 2.24) is 40.3 Å². The van der Waals surface area contributed by atoms with Crippen LogP contribution in [0.25, 0.3) is 11.8 Å². The van der Waals surface area contributed by atoms with Crippen molar-refractivity contribution in [3.05, 3.63) is 82.8 Å². The van der Waals surface area contributed by atoms with Gasteiger partial charge in [-0.15, -0.1) is 5.10 Å². The van der Waals surface area contributed by atoms with Gasteiger partial charge in [0.15, 0.2) is 5.82 Å². The normalized spacial score (nSPS) is 11.9. The number of hydrogen-bond donors (Lipinski definition) is 3. The van der Waals surface area contributed by atoms with Crippen LogP contribution in [0.2, 0.25) is 5.02 Å². The number of aryl methyl sites for hydroxylation is 1. The Morgan fingerprint density at radius 2 is 2.03 bits per heavy atom. The fraction of sp³-hybridized carbons (Fsp3) is 0.167. The number of amides is 2. The van der Waals surface area contributed by atoms with E-state index in [9.17, 15) is 18.8 Å². The van der Waals surface area contributed by atoms with Crippen LogP contribution in [-0.4, -0.2) is 63.9 Å². The first kappa shape index (κ1) is 27.1. The highest BCUT2D eigenvalue weighted by molar-refractivity contribution is 6.31. The van der Waals surface area contributed by atoms with Crippen LogP contribution in [0, 0.1) is 5.82 Å². The van der Waals surface area contributed by atoms with Crippen molar-refractivity contribution in [2.75, 3.05) is 5.32 Å². The lowest BCUT2D eigenvalue weighted by Crippen LogP contribution is -2.45. The van der Waals surface area contributed by atoms with Crippen LogP contribution >= 0.6 is 11.6 Å². The van der Waals surface area contributed by atoms with Crippen LogP contribution in [0.1, 0.15) is 28.5 Å². The van der Waals surface area contributed by atoms with E-state index in [0.29, 0.717) is 12.2 Å². The number of rotatable bonds is 10. The number of pyridine rings is 1. The molecule has 3 heterocycles. The lowest BCUT2D eigenvalue weighted by Gasteiger charge is -2.17. The third kappa shape index (κ3) is 6.67. The Morgan fingerprint density at radius 1 is 1.21 bits per heavy atom. The highest BCUT2D eigenvalue weighted by atomic mass is 35.5. The van der Waals surface area contributed by atoms with Gasteiger partial charge < -0.3 is 15.7 Å². The molecule has 4 rings (SSSR count). The zero-order chi connectivity index (χ0) is 27.9. The summed E-state index contributed by atoms with van der Waals surface area (Å²) >= 11 is 5.93. The van der Waals surface area contributed by atoms with Crippen molar-refractivity contribution in [1.29, 1.82) is 0 Å². The van der Waals surface area contributed by atoms with Crippen molar-refractivity contribution < 1.29 is 23.9 Å². The summed E-state index contributed by atoms with van der Waals surface area (Å²) in [6.07, 6.45) is 6.37. The first-order valence-corrected chi connectivity index (χ1v) is 11.9. The summed E-state index contributed by atoms with van der Waals surface area (Å²) in [5.41, 5.74) is 0.677. The van der Waals surface area contributed by atoms with Crippen molar-refractivity contribution in [3.8, 4) is 5.69 Å². The lowest BCUT2D eigenvalue weighted by molar-refractivity contribution is -0.123. The number of benzene rings is 1. The third-order valence-electron chi connectivity index (χ3n) is 5.43. The standard InChI is InChI=1S/C24H21ClFN9O4/c1-2-34-10-9-15(31-34)11-18(23(37)30-20-7-3-14(12-27-20)24(38)39)29-21(36)8-4-16-19(35-13-28-32-33-35)6-5-17(25)22(16)26/h3-10,12-13,18H,2,11H2,1H3,(H,29,36)(H,38,39)(H,27,30,37). The van der Waals surface area contributed by atoms with Gasteiger partial charge in [0, 0.05) is 37.0 Å². The molecule has 0 spiro atoms. The monoisotopic (exact) mass is 553 g/mol. The molecule has 39 heavy (non-hydrogen) atoms. The summed E-state index contributed by atoms with van der Waals surface area (Å²) in [6.45, 7) is 2.51. The van der Waals surface area contributed by atoms with Gasteiger partial charge in [-0.25, -0.2) is 14.2 Å². The second-order valence-corrected chi connectivity index (χ2v) is 8.44. The molecule has 0 saturated heterocycles. The average Bonchev–Trinajstić information content (AvgIpc) is 3.62. The minimum Gasteiger partial charge on any atom is -0.478 e. The topological polar surface area (TPSA) is 170 Å². The van der Waals surface area contributed by atoms with E-state index in [1.54, 1.807) is 16.9 Å². The van der Waals surface area contributed by atoms with Crippen molar-refractivity contribution in [2.24, 2.45) is 0 Å². The second-order valence-electron chi connectivity index (χ2n) is 8.04. The van der Waals surface area contributed by atoms with Crippen molar-refractivity contribution >= 4 is 41.3 Å². The average molecular weight is 554 g/mol. The van der Waals surface area contributed by atoms with Gasteiger partial charge in [0.1, 0.15) is 18.2 Å². The molecule has 1 aromatic carbocycles. The van der Waals surface area contributed by atoms with Gasteiger partial charge in [-0.1, -0.05) is 11.6 Å². The number of carboxylic acid groups (broad SMARTS) is 1. The number of carbonyl (C=O) groups is 3. The number of tetrazole rings is 1. The summed E-state index contributed by atoms with van der Waals surface area (Å²) in [6, 6.07) is 6.04. The van der Waals surface area contributed by atoms with Crippen LogP contribution < -0.4 is 10.6 Å². The number of aromatic nitrogens is 7. The molecule has 0 bridgehead atoms. The Hall–Kier alpha value is -4.98. The van der Waals surface area contributed by atoms with E-state index in [1.807, 2.05) is 6.92 Å². The summed E-state index contributed by atoms with van der Waals surface area (Å²) in [7, 11) is 0. The van der Waals surface area contributed by atoms with E-state index in [0.717, 1.165) is 12.3 Å². The first-order valence-electron chi connectivity index (χ1n) is 11.5. The molecule has 0 aliphatic rings. The van der Waals surface area contributed by atoms with Crippen molar-refractivity contribution in [3.63, 3.8) is 0 Å². The van der Waals surface area contributed by atoms with Crippen LogP contribution in [0.5, 0.6) is 0 Å². The Labute approximate surface area is 225 Å². The van der Waals surface area contributed by atoms with E-state index in [4.69, 9.17) is 16.7 Å². The number of halogens is 2. The predicted octanol–water partition coefficient (Wildman–Crippen LogP) is 2.14. The van der Waals surface area contributed by atoms with Gasteiger partial charge in [0.05, 0.1) is 22.0 Å². The fourth-order valence-electron chi connectivity index (χ4n) is 3.48. The van der Waals surface area contributed by atoms with Gasteiger partial charge in [0.25, 0.3) is 0 Å². The zero-order valence-corrected chi connectivity index (χ0v) is 21.1. The molecule has 2 amide bonds. The zero-order valence-electron chi connectivity index (χ0n) is 20.3. The molecular formula is C24H21ClFN9O4. The number of carboxylic acids is 1. The van der Waals surface area contributed by atoms with Crippen LogP contribution in [0.4, 0.5) is 10.2 Å². The number of nitrogens with one attached hydrogen (secondary N) is 2.